The number of methoxy groups -OCH3 is 1. The minimum Gasteiger partial charge on any atom is -0.465 e. The minimum atomic E-state index is -0.424. The molecule has 2 aromatic rings. The maximum Gasteiger partial charge on any atom is 0.337 e. The molecule has 0 spiro atoms. The second kappa shape index (κ2) is 8.61. The molecule has 1 aromatic carbocycles. The van der Waals surface area contributed by atoms with Crippen LogP contribution in [0.3, 0.4) is 0 Å². The van der Waals surface area contributed by atoms with E-state index in [9.17, 15) is 9.59 Å². The Morgan fingerprint density at radius 3 is 2.33 bits per heavy atom. The Hall–Kier alpha value is -2.96. The number of aromatic nitrogens is 2. The number of nitrogens with zero attached hydrogens (tertiary/aromatic N) is 2. The molecule has 0 radical (unpaired) electrons. The predicted molar refractivity (Wildman–Crippen MR) is 91.2 cm³/mol. The van der Waals surface area contributed by atoms with Crippen molar-refractivity contribution in [1.29, 1.82) is 0 Å². The van der Waals surface area contributed by atoms with Gasteiger partial charge in [-0.2, -0.15) is 0 Å². The number of carbonyl (C=O) groups excluding carboxylic acids is 2. The van der Waals surface area contributed by atoms with Crippen LogP contribution in [0.25, 0.3) is 0 Å². The van der Waals surface area contributed by atoms with Crippen molar-refractivity contribution >= 4 is 23.5 Å². The molecule has 0 bridgehead atoms. The summed E-state index contributed by atoms with van der Waals surface area (Å²) in [6, 6.07) is 6.43. The largest absolute Gasteiger partial charge is 0.465 e. The lowest BCUT2D eigenvalue weighted by atomic mass is 10.2. The minimum absolute atomic E-state index is 0.319. The van der Waals surface area contributed by atoms with Crippen LogP contribution < -0.4 is 10.6 Å². The van der Waals surface area contributed by atoms with Gasteiger partial charge in [0.05, 0.1) is 18.2 Å². The molecule has 2 rings (SSSR count). The quantitative estimate of drug-likeness (QED) is 0.599. The van der Waals surface area contributed by atoms with Gasteiger partial charge in [-0.3, -0.25) is 4.79 Å². The number of amides is 1. The van der Waals surface area contributed by atoms with Crippen molar-refractivity contribution in [3.63, 3.8) is 0 Å². The number of hydrogen-bond acceptors (Lipinski definition) is 6. The molecule has 24 heavy (non-hydrogen) atoms. The molecule has 0 atom stereocenters. The topological polar surface area (TPSA) is 93.2 Å². The third-order valence-corrected chi connectivity index (χ3v) is 3.29. The number of hydrogen-bond donors (Lipinski definition) is 2. The summed E-state index contributed by atoms with van der Waals surface area (Å²) in [5, 5.41) is 5.81. The Balaban J connectivity index is 1.95. The number of benzene rings is 1. The highest BCUT2D eigenvalue weighted by atomic mass is 16.5. The highest BCUT2D eigenvalue weighted by Crippen LogP contribution is 2.12. The van der Waals surface area contributed by atoms with Crippen molar-refractivity contribution in [1.82, 2.24) is 9.97 Å². The van der Waals surface area contributed by atoms with E-state index in [-0.39, 0.29) is 5.91 Å². The van der Waals surface area contributed by atoms with Crippen molar-refractivity contribution in [3.05, 3.63) is 47.8 Å². The van der Waals surface area contributed by atoms with Crippen molar-refractivity contribution < 1.29 is 14.3 Å². The number of esters is 1. The average Bonchev–Trinajstić information content (AvgIpc) is 2.62. The van der Waals surface area contributed by atoms with Gasteiger partial charge in [-0.25, -0.2) is 14.8 Å². The molecule has 1 heterocycles. The van der Waals surface area contributed by atoms with Crippen molar-refractivity contribution in [2.45, 2.75) is 19.8 Å². The van der Waals surface area contributed by atoms with E-state index in [4.69, 9.17) is 0 Å². The maximum absolute atomic E-state index is 12.2. The Bertz CT molecular complexity index is 684. The summed E-state index contributed by atoms with van der Waals surface area (Å²) in [4.78, 5) is 31.8. The summed E-state index contributed by atoms with van der Waals surface area (Å²) in [6.45, 7) is 2.91. The summed E-state index contributed by atoms with van der Waals surface area (Å²) >= 11 is 0. The number of nitrogens with one attached hydrogen (secondary N) is 2. The van der Waals surface area contributed by atoms with Crippen LogP contribution in [-0.4, -0.2) is 35.5 Å². The van der Waals surface area contributed by atoms with Crippen molar-refractivity contribution in [3.8, 4) is 0 Å². The van der Waals surface area contributed by atoms with Crippen LogP contribution in [0, 0.1) is 0 Å². The Morgan fingerprint density at radius 1 is 1.08 bits per heavy atom. The molecule has 0 saturated carbocycles. The average molecular weight is 328 g/mol. The molecule has 7 nitrogen and oxygen atoms in total. The Kier molecular flexibility index (Phi) is 6.24. The molecule has 1 amide bonds. The van der Waals surface area contributed by atoms with Gasteiger partial charge in [-0.05, 0) is 30.7 Å². The van der Waals surface area contributed by atoms with Gasteiger partial charge in [-0.1, -0.05) is 13.3 Å². The fourth-order valence-corrected chi connectivity index (χ4v) is 1.92. The summed E-state index contributed by atoms with van der Waals surface area (Å²) in [7, 11) is 1.32. The molecular weight excluding hydrogens is 308 g/mol. The predicted octanol–water partition coefficient (Wildman–Crippen LogP) is 2.73. The SMILES string of the molecule is CCCCNc1ncc(C(=O)Nc2ccc(C(=O)OC)cc2)cn1. The van der Waals surface area contributed by atoms with E-state index < -0.39 is 5.97 Å². The third-order valence-electron chi connectivity index (χ3n) is 3.29. The van der Waals surface area contributed by atoms with E-state index in [1.165, 1.54) is 19.5 Å². The standard InChI is InChI=1S/C17H20N4O3/c1-3-4-9-18-17-19-10-13(11-20-17)15(22)21-14-7-5-12(6-8-14)16(23)24-2/h5-8,10-11H,3-4,9H2,1-2H3,(H,21,22)(H,18,19,20). The fraction of sp³-hybridized carbons (Fsp3) is 0.294. The number of carbonyl (C=O) groups is 2. The van der Waals surface area contributed by atoms with Crippen LogP contribution in [-0.2, 0) is 4.74 Å². The highest BCUT2D eigenvalue weighted by Gasteiger charge is 2.09. The number of ether oxygens (including phenoxy) is 1. The first kappa shape index (κ1) is 17.4. The summed E-state index contributed by atoms with van der Waals surface area (Å²) in [5.41, 5.74) is 1.34. The Morgan fingerprint density at radius 2 is 1.75 bits per heavy atom. The first-order valence-electron chi connectivity index (χ1n) is 7.69. The highest BCUT2D eigenvalue weighted by molar-refractivity contribution is 6.04. The molecule has 7 heteroatoms. The van der Waals surface area contributed by atoms with Gasteiger partial charge < -0.3 is 15.4 Å². The lowest BCUT2D eigenvalue weighted by molar-refractivity contribution is 0.0600. The lowest BCUT2D eigenvalue weighted by Crippen LogP contribution is -2.14. The van der Waals surface area contributed by atoms with Gasteiger partial charge in [-0.15, -0.1) is 0 Å². The monoisotopic (exact) mass is 328 g/mol. The molecule has 1 aromatic heterocycles. The maximum atomic E-state index is 12.2. The second-order valence-corrected chi connectivity index (χ2v) is 5.10. The third kappa shape index (κ3) is 4.77. The van der Waals surface area contributed by atoms with Gasteiger partial charge >= 0.3 is 5.97 Å². The number of unbranched alkanes of at least 4 members (excludes halogenated alkanes) is 1. The summed E-state index contributed by atoms with van der Waals surface area (Å²) < 4.78 is 4.62. The van der Waals surface area contributed by atoms with Gasteiger partial charge in [0.25, 0.3) is 5.91 Å². The van der Waals surface area contributed by atoms with Gasteiger partial charge in [0.2, 0.25) is 5.95 Å². The molecule has 126 valence electrons. The van der Waals surface area contributed by atoms with E-state index >= 15 is 0 Å². The first-order chi connectivity index (χ1) is 11.6. The lowest BCUT2D eigenvalue weighted by Gasteiger charge is -2.07. The first-order valence-corrected chi connectivity index (χ1v) is 7.69. The van der Waals surface area contributed by atoms with E-state index in [2.05, 4.69) is 32.3 Å². The molecule has 0 aliphatic carbocycles. The van der Waals surface area contributed by atoms with E-state index in [0.717, 1.165) is 19.4 Å². The summed E-state index contributed by atoms with van der Waals surface area (Å²) in [5.74, 6) is -0.240. The van der Waals surface area contributed by atoms with Crippen LogP contribution >= 0.6 is 0 Å². The zero-order valence-corrected chi connectivity index (χ0v) is 13.7. The molecule has 0 aliphatic rings. The molecule has 0 unspecified atom stereocenters. The molecule has 0 saturated heterocycles. The van der Waals surface area contributed by atoms with Crippen LogP contribution in [0.15, 0.2) is 36.7 Å². The zero-order chi connectivity index (χ0) is 17.4. The van der Waals surface area contributed by atoms with E-state index in [0.29, 0.717) is 22.8 Å². The molecule has 2 N–H and O–H groups in total. The van der Waals surface area contributed by atoms with Crippen LogP contribution in [0.1, 0.15) is 40.5 Å². The number of anilines is 2. The van der Waals surface area contributed by atoms with Gasteiger partial charge in [0, 0.05) is 24.6 Å². The summed E-state index contributed by atoms with van der Waals surface area (Å²) in [6.07, 6.45) is 5.06. The normalized spacial score (nSPS) is 10.1. The zero-order valence-electron chi connectivity index (χ0n) is 13.7. The van der Waals surface area contributed by atoms with Crippen LogP contribution in [0.5, 0.6) is 0 Å². The Labute approximate surface area is 140 Å². The van der Waals surface area contributed by atoms with Crippen LogP contribution in [0.4, 0.5) is 11.6 Å². The number of rotatable bonds is 7. The molecular formula is C17H20N4O3. The van der Waals surface area contributed by atoms with E-state index in [1.54, 1.807) is 24.3 Å². The van der Waals surface area contributed by atoms with Gasteiger partial charge in [0.15, 0.2) is 0 Å². The smallest absolute Gasteiger partial charge is 0.337 e. The molecule has 0 aliphatic heterocycles. The molecule has 0 fully saturated rings. The van der Waals surface area contributed by atoms with Crippen molar-refractivity contribution in [2.24, 2.45) is 0 Å². The van der Waals surface area contributed by atoms with Crippen molar-refractivity contribution in [2.75, 3.05) is 24.3 Å². The van der Waals surface area contributed by atoms with Crippen LogP contribution in [0.2, 0.25) is 0 Å². The van der Waals surface area contributed by atoms with Gasteiger partial charge in [0.1, 0.15) is 0 Å². The second-order valence-electron chi connectivity index (χ2n) is 5.10. The fourth-order valence-electron chi connectivity index (χ4n) is 1.92. The van der Waals surface area contributed by atoms with E-state index in [1.807, 2.05) is 0 Å².